The minimum absolute atomic E-state index is 0.714. The number of benzene rings is 1. The molecule has 4 heteroatoms. The second-order valence-corrected chi connectivity index (χ2v) is 8.55. The first-order valence-corrected chi connectivity index (χ1v) is 11.1. The monoisotopic (exact) mass is 403 g/mol. The molecular formula is C25H32F3N. The summed E-state index contributed by atoms with van der Waals surface area (Å²) in [6, 6.07) is 10.7. The van der Waals surface area contributed by atoms with E-state index in [9.17, 15) is 13.2 Å². The van der Waals surface area contributed by atoms with Crippen LogP contribution in [-0.2, 0) is 12.6 Å². The summed E-state index contributed by atoms with van der Waals surface area (Å²) >= 11 is 0. The number of aryl methyl sites for hydroxylation is 1. The fourth-order valence-corrected chi connectivity index (χ4v) is 4.46. The van der Waals surface area contributed by atoms with E-state index in [0.717, 1.165) is 29.9 Å². The first-order chi connectivity index (χ1) is 14.0. The molecule has 1 fully saturated rings. The van der Waals surface area contributed by atoms with E-state index in [0.29, 0.717) is 5.56 Å². The Kier molecular flexibility index (Phi) is 7.74. The van der Waals surface area contributed by atoms with Gasteiger partial charge >= 0.3 is 6.18 Å². The third-order valence-corrected chi connectivity index (χ3v) is 6.36. The van der Waals surface area contributed by atoms with E-state index in [1.807, 2.05) is 12.1 Å². The lowest BCUT2D eigenvalue weighted by atomic mass is 9.78. The lowest BCUT2D eigenvalue weighted by molar-refractivity contribution is -0.141. The summed E-state index contributed by atoms with van der Waals surface area (Å²) in [5.74, 6) is 1.80. The zero-order valence-corrected chi connectivity index (χ0v) is 17.3. The molecule has 158 valence electrons. The van der Waals surface area contributed by atoms with Crippen LogP contribution in [0.15, 0.2) is 42.6 Å². The lowest BCUT2D eigenvalue weighted by Crippen LogP contribution is -2.15. The molecule has 1 saturated carbocycles. The largest absolute Gasteiger partial charge is 0.433 e. The highest BCUT2D eigenvalue weighted by atomic mass is 19.4. The number of hydrogen-bond donors (Lipinski definition) is 0. The first-order valence-electron chi connectivity index (χ1n) is 11.1. The van der Waals surface area contributed by atoms with Gasteiger partial charge in [0.25, 0.3) is 0 Å². The Morgan fingerprint density at radius 3 is 2.00 bits per heavy atom. The summed E-state index contributed by atoms with van der Waals surface area (Å²) in [5, 5.41) is 0. The van der Waals surface area contributed by atoms with Crippen LogP contribution < -0.4 is 0 Å². The van der Waals surface area contributed by atoms with Crippen molar-refractivity contribution in [3.05, 3.63) is 53.9 Å². The highest BCUT2D eigenvalue weighted by molar-refractivity contribution is 5.62. The number of rotatable bonds is 8. The second-order valence-electron chi connectivity index (χ2n) is 8.55. The Hall–Kier alpha value is -1.84. The van der Waals surface area contributed by atoms with Gasteiger partial charge in [0.2, 0.25) is 0 Å². The Bertz CT molecular complexity index is 726. The van der Waals surface area contributed by atoms with Crippen molar-refractivity contribution < 1.29 is 13.2 Å². The molecule has 0 amide bonds. The number of unbranched alkanes of at least 4 members (excludes halogenated alkanes) is 2. The summed E-state index contributed by atoms with van der Waals surface area (Å²) in [5.41, 5.74) is 2.07. The maximum Gasteiger partial charge on any atom is 0.433 e. The van der Waals surface area contributed by atoms with E-state index < -0.39 is 11.9 Å². The molecule has 1 aromatic carbocycles. The van der Waals surface area contributed by atoms with E-state index in [-0.39, 0.29) is 0 Å². The maximum atomic E-state index is 12.6. The number of halogens is 3. The van der Waals surface area contributed by atoms with E-state index in [4.69, 9.17) is 0 Å². The molecule has 0 spiro atoms. The van der Waals surface area contributed by atoms with Crippen molar-refractivity contribution in [3.8, 4) is 11.1 Å². The predicted octanol–water partition coefficient (Wildman–Crippen LogP) is 8.09. The van der Waals surface area contributed by atoms with E-state index in [1.165, 1.54) is 75.6 Å². The van der Waals surface area contributed by atoms with Crippen molar-refractivity contribution in [1.29, 1.82) is 0 Å². The van der Waals surface area contributed by atoms with Gasteiger partial charge in [0.1, 0.15) is 5.69 Å². The summed E-state index contributed by atoms with van der Waals surface area (Å²) in [6.07, 6.45) is 10.3. The van der Waals surface area contributed by atoms with Gasteiger partial charge in [0.15, 0.2) is 0 Å². The van der Waals surface area contributed by atoms with Gasteiger partial charge in [-0.2, -0.15) is 13.2 Å². The zero-order valence-electron chi connectivity index (χ0n) is 17.3. The molecule has 0 atom stereocenters. The number of pyridine rings is 1. The third-order valence-electron chi connectivity index (χ3n) is 6.36. The van der Waals surface area contributed by atoms with Gasteiger partial charge in [-0.25, -0.2) is 0 Å². The molecule has 0 unspecified atom stereocenters. The Labute approximate surface area is 172 Å². The summed E-state index contributed by atoms with van der Waals surface area (Å²) in [7, 11) is 0. The van der Waals surface area contributed by atoms with Gasteiger partial charge in [-0.15, -0.1) is 0 Å². The number of nitrogens with zero attached hydrogens (tertiary/aromatic N) is 1. The molecule has 3 rings (SSSR count). The minimum Gasteiger partial charge on any atom is -0.251 e. The molecule has 0 radical (unpaired) electrons. The Morgan fingerprint density at radius 2 is 1.45 bits per heavy atom. The fourth-order valence-electron chi connectivity index (χ4n) is 4.46. The molecule has 1 aliphatic carbocycles. The number of aromatic nitrogens is 1. The number of hydrogen-bond acceptors (Lipinski definition) is 1. The van der Waals surface area contributed by atoms with E-state index in [2.05, 4.69) is 24.0 Å². The van der Waals surface area contributed by atoms with Crippen LogP contribution in [0.2, 0.25) is 0 Å². The molecule has 1 nitrogen and oxygen atoms in total. The van der Waals surface area contributed by atoms with Gasteiger partial charge in [-0.1, -0.05) is 88.6 Å². The highest BCUT2D eigenvalue weighted by Gasteiger charge is 2.32. The van der Waals surface area contributed by atoms with Crippen molar-refractivity contribution in [1.82, 2.24) is 4.98 Å². The molecule has 1 aliphatic rings. The van der Waals surface area contributed by atoms with Gasteiger partial charge in [-0.05, 0) is 41.9 Å². The smallest absolute Gasteiger partial charge is 0.251 e. The Balaban J connectivity index is 1.45. The Morgan fingerprint density at radius 1 is 0.828 bits per heavy atom. The van der Waals surface area contributed by atoms with Crippen LogP contribution in [-0.4, -0.2) is 4.98 Å². The average molecular weight is 404 g/mol. The maximum absolute atomic E-state index is 12.6. The van der Waals surface area contributed by atoms with Crippen LogP contribution >= 0.6 is 0 Å². The topological polar surface area (TPSA) is 12.9 Å². The van der Waals surface area contributed by atoms with Crippen LogP contribution in [0.25, 0.3) is 11.1 Å². The van der Waals surface area contributed by atoms with Gasteiger partial charge in [0, 0.05) is 11.8 Å². The fraction of sp³-hybridized carbons (Fsp3) is 0.560. The SMILES string of the molecule is CCCCC[C@H]1CC[C@H](CCc2ccc(-c3ccc(C(F)(F)F)nc3)cc2)CC1. The molecule has 1 aromatic heterocycles. The van der Waals surface area contributed by atoms with Crippen LogP contribution in [0.4, 0.5) is 13.2 Å². The van der Waals surface area contributed by atoms with Crippen LogP contribution in [0.1, 0.15) is 76.0 Å². The third kappa shape index (κ3) is 6.58. The zero-order chi connectivity index (χ0) is 20.7. The molecule has 0 bridgehead atoms. The molecule has 2 aromatic rings. The molecular weight excluding hydrogens is 371 g/mol. The van der Waals surface area contributed by atoms with Crippen molar-refractivity contribution in [3.63, 3.8) is 0 Å². The summed E-state index contributed by atoms with van der Waals surface area (Å²) < 4.78 is 37.9. The van der Waals surface area contributed by atoms with Gasteiger partial charge in [0.05, 0.1) is 0 Å². The molecule has 0 N–H and O–H groups in total. The second kappa shape index (κ2) is 10.3. The van der Waals surface area contributed by atoms with Gasteiger partial charge in [-0.3, -0.25) is 4.98 Å². The molecule has 29 heavy (non-hydrogen) atoms. The van der Waals surface area contributed by atoms with Gasteiger partial charge < -0.3 is 0 Å². The van der Waals surface area contributed by atoms with Crippen LogP contribution in [0.5, 0.6) is 0 Å². The summed E-state index contributed by atoms with van der Waals surface area (Å²) in [6.45, 7) is 2.27. The average Bonchev–Trinajstić information content (AvgIpc) is 2.73. The number of alkyl halides is 3. The lowest BCUT2D eigenvalue weighted by Gasteiger charge is -2.28. The summed E-state index contributed by atoms with van der Waals surface area (Å²) in [4.78, 5) is 3.55. The van der Waals surface area contributed by atoms with Crippen molar-refractivity contribution in [2.45, 2.75) is 77.3 Å². The van der Waals surface area contributed by atoms with E-state index >= 15 is 0 Å². The van der Waals surface area contributed by atoms with Crippen LogP contribution in [0.3, 0.4) is 0 Å². The van der Waals surface area contributed by atoms with E-state index in [1.54, 1.807) is 0 Å². The normalized spacial score (nSPS) is 20.0. The predicted molar refractivity (Wildman–Crippen MR) is 113 cm³/mol. The molecule has 0 saturated heterocycles. The minimum atomic E-state index is -4.39. The first kappa shape index (κ1) is 21.9. The van der Waals surface area contributed by atoms with Crippen molar-refractivity contribution >= 4 is 0 Å². The van der Waals surface area contributed by atoms with Crippen molar-refractivity contribution in [2.24, 2.45) is 11.8 Å². The molecule has 0 aliphatic heterocycles. The quantitative estimate of drug-likeness (QED) is 0.406. The van der Waals surface area contributed by atoms with Crippen LogP contribution in [0, 0.1) is 11.8 Å². The highest BCUT2D eigenvalue weighted by Crippen LogP contribution is 2.34. The molecule has 1 heterocycles. The standard InChI is InChI=1S/C25H32F3N/c1-2-3-4-5-19-6-8-20(9-7-19)10-11-21-12-14-22(15-13-21)23-16-17-24(29-18-23)25(26,27)28/h12-20H,2-11H2,1H3/t19-,20-. The van der Waals surface area contributed by atoms with Crippen molar-refractivity contribution in [2.75, 3.05) is 0 Å².